The van der Waals surface area contributed by atoms with Gasteiger partial charge in [-0.1, -0.05) is 11.6 Å². The fraction of sp³-hybridized carbons (Fsp3) is 0.538. The minimum atomic E-state index is -0.132. The Labute approximate surface area is 118 Å². The van der Waals surface area contributed by atoms with E-state index in [1.54, 1.807) is 17.8 Å². The van der Waals surface area contributed by atoms with Crippen molar-refractivity contribution in [3.63, 3.8) is 0 Å². The molecule has 1 aromatic rings. The topological polar surface area (TPSA) is 44.5 Å². The van der Waals surface area contributed by atoms with E-state index in [1.165, 1.54) is 0 Å². The minimum Gasteiger partial charge on any atom is -0.399 e. The molecule has 0 fully saturated rings. The number of nitrogen functional groups attached to an aromatic ring is 1. The molecule has 0 amide bonds. The molecule has 0 aliphatic heterocycles. The standard InChI is InChI=1S/C13H20ClNO2S/c1-3-16-13(17-4-2)7-8-18-12-9-10(15)5-6-11(12)14/h5-6,9,13H,3-4,7-8,15H2,1-2H3. The summed E-state index contributed by atoms with van der Waals surface area (Å²) < 4.78 is 11.0. The second-order valence-corrected chi connectivity index (χ2v) is 5.21. The van der Waals surface area contributed by atoms with E-state index in [0.29, 0.717) is 13.2 Å². The smallest absolute Gasteiger partial charge is 0.158 e. The first-order chi connectivity index (χ1) is 8.67. The normalized spacial score (nSPS) is 11.1. The number of anilines is 1. The van der Waals surface area contributed by atoms with Crippen LogP contribution in [0.25, 0.3) is 0 Å². The summed E-state index contributed by atoms with van der Waals surface area (Å²) in [7, 11) is 0. The molecule has 0 saturated carbocycles. The number of halogens is 1. The number of ether oxygens (including phenoxy) is 2. The van der Waals surface area contributed by atoms with Crippen molar-refractivity contribution in [2.24, 2.45) is 0 Å². The molecule has 0 heterocycles. The molecule has 0 bridgehead atoms. The van der Waals surface area contributed by atoms with Gasteiger partial charge in [-0.25, -0.2) is 0 Å². The van der Waals surface area contributed by atoms with Gasteiger partial charge in [0.1, 0.15) is 0 Å². The van der Waals surface area contributed by atoms with E-state index >= 15 is 0 Å². The van der Waals surface area contributed by atoms with Gasteiger partial charge in [0.25, 0.3) is 0 Å². The van der Waals surface area contributed by atoms with E-state index in [0.717, 1.165) is 27.8 Å². The molecule has 2 N–H and O–H groups in total. The Hall–Kier alpha value is -0.420. The third kappa shape index (κ3) is 5.48. The first kappa shape index (κ1) is 15.6. The van der Waals surface area contributed by atoms with Crippen molar-refractivity contribution >= 4 is 29.1 Å². The van der Waals surface area contributed by atoms with Crippen LogP contribution in [0.1, 0.15) is 20.3 Å². The molecule has 0 aromatic heterocycles. The molecule has 0 unspecified atom stereocenters. The van der Waals surface area contributed by atoms with Gasteiger partial charge >= 0.3 is 0 Å². The Morgan fingerprint density at radius 1 is 1.28 bits per heavy atom. The highest BCUT2D eigenvalue weighted by Gasteiger charge is 2.09. The van der Waals surface area contributed by atoms with E-state index < -0.39 is 0 Å². The lowest BCUT2D eigenvalue weighted by atomic mass is 10.3. The van der Waals surface area contributed by atoms with Crippen LogP contribution < -0.4 is 5.73 Å². The van der Waals surface area contributed by atoms with Crippen LogP contribution in [0.15, 0.2) is 23.1 Å². The minimum absolute atomic E-state index is 0.132. The fourth-order valence-corrected chi connectivity index (χ4v) is 2.72. The Bertz CT molecular complexity index is 357. The van der Waals surface area contributed by atoms with Gasteiger partial charge in [0.05, 0.1) is 5.02 Å². The van der Waals surface area contributed by atoms with Gasteiger partial charge in [0, 0.05) is 36.0 Å². The predicted molar refractivity (Wildman–Crippen MR) is 78.2 cm³/mol. The largest absolute Gasteiger partial charge is 0.399 e. The van der Waals surface area contributed by atoms with Gasteiger partial charge in [-0.15, -0.1) is 11.8 Å². The molecular weight excluding hydrogens is 270 g/mol. The molecule has 0 atom stereocenters. The van der Waals surface area contributed by atoms with E-state index in [1.807, 2.05) is 26.0 Å². The number of hydrogen-bond acceptors (Lipinski definition) is 4. The van der Waals surface area contributed by atoms with Crippen LogP contribution in [-0.2, 0) is 9.47 Å². The first-order valence-corrected chi connectivity index (χ1v) is 7.44. The lowest BCUT2D eigenvalue weighted by Crippen LogP contribution is -2.18. The zero-order valence-electron chi connectivity index (χ0n) is 10.8. The van der Waals surface area contributed by atoms with Gasteiger partial charge in [0.15, 0.2) is 6.29 Å². The summed E-state index contributed by atoms with van der Waals surface area (Å²) in [5, 5.41) is 0.735. The van der Waals surface area contributed by atoms with Crippen molar-refractivity contribution in [3.05, 3.63) is 23.2 Å². The van der Waals surface area contributed by atoms with E-state index in [2.05, 4.69) is 0 Å². The Balaban J connectivity index is 2.41. The molecule has 0 aliphatic rings. The monoisotopic (exact) mass is 289 g/mol. The molecule has 102 valence electrons. The zero-order valence-corrected chi connectivity index (χ0v) is 12.4. The first-order valence-electron chi connectivity index (χ1n) is 6.08. The number of rotatable bonds is 8. The SMILES string of the molecule is CCOC(CCSc1cc(N)ccc1Cl)OCC. The zero-order chi connectivity index (χ0) is 13.4. The Morgan fingerprint density at radius 2 is 1.94 bits per heavy atom. The molecule has 5 heteroatoms. The number of nitrogens with two attached hydrogens (primary N) is 1. The van der Waals surface area contributed by atoms with Crippen LogP contribution >= 0.6 is 23.4 Å². The molecule has 0 saturated heterocycles. The summed E-state index contributed by atoms with van der Waals surface area (Å²) in [6, 6.07) is 5.51. The molecule has 0 radical (unpaired) electrons. The van der Waals surface area contributed by atoms with Gasteiger partial charge < -0.3 is 15.2 Å². The van der Waals surface area contributed by atoms with E-state index in [4.69, 9.17) is 26.8 Å². The molecular formula is C13H20ClNO2S. The van der Waals surface area contributed by atoms with Crippen LogP contribution in [0.5, 0.6) is 0 Å². The lowest BCUT2D eigenvalue weighted by molar-refractivity contribution is -0.136. The summed E-state index contributed by atoms with van der Waals surface area (Å²) in [4.78, 5) is 1.00. The summed E-state index contributed by atoms with van der Waals surface area (Å²) in [5.41, 5.74) is 6.46. The van der Waals surface area contributed by atoms with Gasteiger partial charge in [0.2, 0.25) is 0 Å². The Morgan fingerprint density at radius 3 is 2.56 bits per heavy atom. The predicted octanol–water partition coefficient (Wildman–Crippen LogP) is 3.80. The quantitative estimate of drug-likeness (QED) is 0.449. The van der Waals surface area contributed by atoms with Crippen LogP contribution in [0.4, 0.5) is 5.69 Å². The average molecular weight is 290 g/mol. The van der Waals surface area contributed by atoms with Gasteiger partial charge in [-0.2, -0.15) is 0 Å². The second kappa shape index (κ2) is 8.64. The van der Waals surface area contributed by atoms with Crippen LogP contribution in [0, 0.1) is 0 Å². The van der Waals surface area contributed by atoms with Gasteiger partial charge in [-0.3, -0.25) is 0 Å². The fourth-order valence-electron chi connectivity index (χ4n) is 1.48. The molecule has 3 nitrogen and oxygen atoms in total. The maximum atomic E-state index is 6.09. The molecule has 0 spiro atoms. The summed E-state index contributed by atoms with van der Waals surface area (Å²) >= 11 is 7.76. The number of thioether (sulfide) groups is 1. The van der Waals surface area contributed by atoms with Crippen molar-refractivity contribution in [1.29, 1.82) is 0 Å². The van der Waals surface area contributed by atoms with Crippen molar-refractivity contribution in [2.45, 2.75) is 31.5 Å². The third-order valence-corrected chi connectivity index (χ3v) is 3.80. The summed E-state index contributed by atoms with van der Waals surface area (Å²) in [6.45, 7) is 5.25. The molecule has 18 heavy (non-hydrogen) atoms. The molecule has 1 rings (SSSR count). The average Bonchev–Trinajstić information content (AvgIpc) is 2.34. The number of hydrogen-bond donors (Lipinski definition) is 1. The molecule has 0 aliphatic carbocycles. The van der Waals surface area contributed by atoms with E-state index in [9.17, 15) is 0 Å². The van der Waals surface area contributed by atoms with Crippen LogP contribution in [0.2, 0.25) is 5.02 Å². The summed E-state index contributed by atoms with van der Waals surface area (Å²) in [6.07, 6.45) is 0.699. The van der Waals surface area contributed by atoms with Crippen molar-refractivity contribution in [1.82, 2.24) is 0 Å². The number of benzene rings is 1. The maximum Gasteiger partial charge on any atom is 0.158 e. The van der Waals surface area contributed by atoms with E-state index in [-0.39, 0.29) is 6.29 Å². The van der Waals surface area contributed by atoms with Crippen LogP contribution in [-0.4, -0.2) is 25.3 Å². The summed E-state index contributed by atoms with van der Waals surface area (Å²) in [5.74, 6) is 0.883. The van der Waals surface area contributed by atoms with Gasteiger partial charge in [-0.05, 0) is 32.0 Å². The van der Waals surface area contributed by atoms with Crippen LogP contribution in [0.3, 0.4) is 0 Å². The van der Waals surface area contributed by atoms with Crippen molar-refractivity contribution in [2.75, 3.05) is 24.7 Å². The van der Waals surface area contributed by atoms with Crippen molar-refractivity contribution in [3.8, 4) is 0 Å². The second-order valence-electron chi connectivity index (χ2n) is 3.67. The third-order valence-electron chi connectivity index (χ3n) is 2.27. The highest BCUT2D eigenvalue weighted by atomic mass is 35.5. The van der Waals surface area contributed by atoms with Crippen molar-refractivity contribution < 1.29 is 9.47 Å². The maximum absolute atomic E-state index is 6.09. The Kier molecular flexibility index (Phi) is 7.51. The molecule has 1 aromatic carbocycles. The highest BCUT2D eigenvalue weighted by Crippen LogP contribution is 2.29. The highest BCUT2D eigenvalue weighted by molar-refractivity contribution is 7.99. The lowest BCUT2D eigenvalue weighted by Gasteiger charge is -2.16.